The Morgan fingerprint density at radius 3 is 2.65 bits per heavy atom. The first-order valence-electron chi connectivity index (χ1n) is 9.92. The summed E-state index contributed by atoms with van der Waals surface area (Å²) in [7, 11) is 1.67. The maximum atomic E-state index is 5.38. The van der Waals surface area contributed by atoms with Crippen molar-refractivity contribution in [1.29, 1.82) is 0 Å². The van der Waals surface area contributed by atoms with Crippen LogP contribution in [0.1, 0.15) is 5.56 Å². The van der Waals surface area contributed by atoms with Crippen molar-refractivity contribution in [2.75, 3.05) is 12.4 Å². The normalized spacial score (nSPS) is 10.9. The molecule has 0 bridgehead atoms. The van der Waals surface area contributed by atoms with Crippen molar-refractivity contribution >= 4 is 16.7 Å². The molecule has 31 heavy (non-hydrogen) atoms. The quantitative estimate of drug-likeness (QED) is 0.396. The van der Waals surface area contributed by atoms with E-state index in [1.807, 2.05) is 42.5 Å². The maximum absolute atomic E-state index is 5.38. The molecule has 0 aliphatic rings. The molecule has 0 saturated heterocycles. The van der Waals surface area contributed by atoms with E-state index in [0.29, 0.717) is 12.4 Å². The van der Waals surface area contributed by atoms with Crippen molar-refractivity contribution < 1.29 is 9.15 Å². The molecule has 2 aromatic carbocycles. The van der Waals surface area contributed by atoms with Gasteiger partial charge >= 0.3 is 0 Å². The van der Waals surface area contributed by atoms with Gasteiger partial charge < -0.3 is 14.5 Å². The average molecular weight is 408 g/mol. The number of pyridine rings is 1. The highest BCUT2D eigenvalue weighted by atomic mass is 16.5. The maximum Gasteiger partial charge on any atom is 0.163 e. The lowest BCUT2D eigenvalue weighted by Crippen LogP contribution is -2.04. The molecular weight excluding hydrogens is 388 g/mol. The smallest absolute Gasteiger partial charge is 0.163 e. The van der Waals surface area contributed by atoms with Gasteiger partial charge in [0.1, 0.15) is 11.6 Å². The van der Waals surface area contributed by atoms with Gasteiger partial charge in [-0.3, -0.25) is 4.98 Å². The highest BCUT2D eigenvalue weighted by Gasteiger charge is 2.12. The fourth-order valence-electron chi connectivity index (χ4n) is 3.45. The average Bonchev–Trinajstić information content (AvgIpc) is 3.36. The summed E-state index contributed by atoms with van der Waals surface area (Å²) in [5, 5.41) is 4.39. The largest absolute Gasteiger partial charge is 0.497 e. The topological polar surface area (TPSA) is 73.1 Å². The number of furan rings is 1. The second-order valence-corrected chi connectivity index (χ2v) is 7.09. The van der Waals surface area contributed by atoms with Gasteiger partial charge in [-0.05, 0) is 53.6 Å². The SMILES string of the molecule is COc1cccc(-c2ccc3nc(-c4cccnc4)nc(NCc4ccoc4)c3c2)c1. The van der Waals surface area contributed by atoms with Crippen molar-refractivity contribution in [3.8, 4) is 28.3 Å². The van der Waals surface area contributed by atoms with Crippen LogP contribution in [0, 0.1) is 0 Å². The highest BCUT2D eigenvalue weighted by Crippen LogP contribution is 2.31. The number of nitrogens with zero attached hydrogens (tertiary/aromatic N) is 3. The Morgan fingerprint density at radius 1 is 0.935 bits per heavy atom. The van der Waals surface area contributed by atoms with Gasteiger partial charge in [-0.15, -0.1) is 0 Å². The molecule has 5 aromatic rings. The second-order valence-electron chi connectivity index (χ2n) is 7.09. The lowest BCUT2D eigenvalue weighted by molar-refractivity contribution is 0.415. The van der Waals surface area contributed by atoms with Crippen molar-refractivity contribution in [2.24, 2.45) is 0 Å². The molecule has 0 radical (unpaired) electrons. The summed E-state index contributed by atoms with van der Waals surface area (Å²) >= 11 is 0. The summed E-state index contributed by atoms with van der Waals surface area (Å²) < 4.78 is 10.6. The Morgan fingerprint density at radius 2 is 1.84 bits per heavy atom. The van der Waals surface area contributed by atoms with Gasteiger partial charge in [0.05, 0.1) is 25.2 Å². The van der Waals surface area contributed by atoms with Crippen LogP contribution >= 0.6 is 0 Å². The fraction of sp³-hybridized carbons (Fsp3) is 0.0800. The Hall–Kier alpha value is -4.19. The van der Waals surface area contributed by atoms with E-state index < -0.39 is 0 Å². The summed E-state index contributed by atoms with van der Waals surface area (Å²) in [5.41, 5.74) is 4.90. The Balaban J connectivity index is 1.62. The van der Waals surface area contributed by atoms with Crippen molar-refractivity contribution in [2.45, 2.75) is 6.54 Å². The molecule has 0 fully saturated rings. The van der Waals surface area contributed by atoms with Crippen LogP contribution in [-0.2, 0) is 6.54 Å². The standard InChI is InChI=1S/C25H20N4O2/c1-30-21-6-2-4-18(12-21)19-7-8-23-22(13-19)25(27-14-17-9-11-31-16-17)29-24(28-23)20-5-3-10-26-15-20/h2-13,15-16H,14H2,1H3,(H,27,28,29). The lowest BCUT2D eigenvalue weighted by atomic mass is 10.0. The van der Waals surface area contributed by atoms with E-state index in [1.54, 1.807) is 32.0 Å². The summed E-state index contributed by atoms with van der Waals surface area (Å²) in [6.07, 6.45) is 6.89. The molecular formula is C25H20N4O2. The van der Waals surface area contributed by atoms with Crippen molar-refractivity contribution in [3.05, 3.63) is 91.1 Å². The third-order valence-electron chi connectivity index (χ3n) is 5.06. The molecule has 1 N–H and O–H groups in total. The minimum absolute atomic E-state index is 0.596. The Bertz CT molecular complexity index is 1320. The fourth-order valence-corrected chi connectivity index (χ4v) is 3.45. The first kappa shape index (κ1) is 18.8. The molecule has 3 aromatic heterocycles. The molecule has 152 valence electrons. The van der Waals surface area contributed by atoms with Crippen LogP contribution in [0.5, 0.6) is 5.75 Å². The van der Waals surface area contributed by atoms with Crippen LogP contribution in [0.2, 0.25) is 0 Å². The van der Waals surface area contributed by atoms with Crippen LogP contribution in [0.4, 0.5) is 5.82 Å². The number of aromatic nitrogens is 3. The summed E-state index contributed by atoms with van der Waals surface area (Å²) in [6, 6.07) is 20.0. The zero-order valence-corrected chi connectivity index (χ0v) is 16.9. The van der Waals surface area contributed by atoms with E-state index in [4.69, 9.17) is 19.1 Å². The van der Waals surface area contributed by atoms with Gasteiger partial charge in [0, 0.05) is 35.5 Å². The molecule has 3 heterocycles. The first-order chi connectivity index (χ1) is 15.3. The Kier molecular flexibility index (Phi) is 5.02. The van der Waals surface area contributed by atoms with E-state index >= 15 is 0 Å². The molecule has 0 aliphatic carbocycles. The number of hydrogen-bond donors (Lipinski definition) is 1. The molecule has 6 heteroatoms. The van der Waals surface area contributed by atoms with Crippen LogP contribution in [-0.4, -0.2) is 22.1 Å². The van der Waals surface area contributed by atoms with Crippen LogP contribution in [0.3, 0.4) is 0 Å². The molecule has 0 atom stereocenters. The summed E-state index contributed by atoms with van der Waals surface area (Å²) in [4.78, 5) is 13.8. The van der Waals surface area contributed by atoms with E-state index in [1.165, 1.54) is 0 Å². The minimum Gasteiger partial charge on any atom is -0.497 e. The monoisotopic (exact) mass is 408 g/mol. The van der Waals surface area contributed by atoms with Gasteiger partial charge in [0.25, 0.3) is 0 Å². The van der Waals surface area contributed by atoms with Gasteiger partial charge in [-0.1, -0.05) is 18.2 Å². The van der Waals surface area contributed by atoms with Gasteiger partial charge in [-0.25, -0.2) is 9.97 Å². The number of benzene rings is 2. The molecule has 0 unspecified atom stereocenters. The van der Waals surface area contributed by atoms with Crippen LogP contribution < -0.4 is 10.1 Å². The van der Waals surface area contributed by atoms with E-state index in [0.717, 1.165) is 44.7 Å². The molecule has 0 spiro atoms. The number of methoxy groups -OCH3 is 1. The van der Waals surface area contributed by atoms with Crippen LogP contribution in [0.15, 0.2) is 90.0 Å². The molecule has 0 saturated carbocycles. The highest BCUT2D eigenvalue weighted by molar-refractivity contribution is 5.94. The molecule has 5 rings (SSSR count). The number of fused-ring (bicyclic) bond motifs is 1. The third-order valence-corrected chi connectivity index (χ3v) is 5.06. The number of nitrogens with one attached hydrogen (secondary N) is 1. The Labute approximate surface area is 179 Å². The van der Waals surface area contributed by atoms with E-state index in [-0.39, 0.29) is 0 Å². The van der Waals surface area contributed by atoms with Crippen molar-refractivity contribution in [3.63, 3.8) is 0 Å². The zero-order chi connectivity index (χ0) is 21.0. The predicted octanol–water partition coefficient (Wildman–Crippen LogP) is 5.57. The minimum atomic E-state index is 0.596. The lowest BCUT2D eigenvalue weighted by Gasteiger charge is -2.12. The van der Waals surface area contributed by atoms with Gasteiger partial charge in [-0.2, -0.15) is 0 Å². The second kappa shape index (κ2) is 8.28. The van der Waals surface area contributed by atoms with Crippen molar-refractivity contribution in [1.82, 2.24) is 15.0 Å². The van der Waals surface area contributed by atoms with E-state index in [9.17, 15) is 0 Å². The van der Waals surface area contributed by atoms with Gasteiger partial charge in [0.2, 0.25) is 0 Å². The number of rotatable bonds is 6. The first-order valence-corrected chi connectivity index (χ1v) is 9.92. The number of hydrogen-bond acceptors (Lipinski definition) is 6. The zero-order valence-electron chi connectivity index (χ0n) is 16.9. The molecule has 0 amide bonds. The third kappa shape index (κ3) is 3.96. The molecule has 6 nitrogen and oxygen atoms in total. The van der Waals surface area contributed by atoms with E-state index in [2.05, 4.69) is 28.5 Å². The van der Waals surface area contributed by atoms with Gasteiger partial charge in [0.15, 0.2) is 5.82 Å². The van der Waals surface area contributed by atoms with Crippen LogP contribution in [0.25, 0.3) is 33.4 Å². The summed E-state index contributed by atoms with van der Waals surface area (Å²) in [5.74, 6) is 2.21. The molecule has 0 aliphatic heterocycles. The summed E-state index contributed by atoms with van der Waals surface area (Å²) in [6.45, 7) is 0.596. The predicted molar refractivity (Wildman–Crippen MR) is 121 cm³/mol. The number of anilines is 1. The number of ether oxygens (including phenoxy) is 1.